The molecule has 0 atom stereocenters. The Morgan fingerprint density at radius 2 is 1.89 bits per heavy atom. The number of aryl methyl sites for hydroxylation is 1. The molecule has 1 aliphatic carbocycles. The molecule has 0 radical (unpaired) electrons. The van der Waals surface area contributed by atoms with Gasteiger partial charge in [-0.25, -0.2) is 0 Å². The van der Waals surface area contributed by atoms with Crippen LogP contribution >= 0.6 is 15.9 Å². The molecule has 1 aromatic carbocycles. The largest absolute Gasteiger partial charge is 0.325 e. The van der Waals surface area contributed by atoms with Gasteiger partial charge in [-0.2, -0.15) is 0 Å². The average molecular weight is 310 g/mol. The Hall–Kier alpha value is -0.830. The second-order valence-corrected chi connectivity index (χ2v) is 5.91. The van der Waals surface area contributed by atoms with Crippen molar-refractivity contribution in [2.75, 3.05) is 5.32 Å². The zero-order valence-electron chi connectivity index (χ0n) is 10.8. The number of hydrogen-bond acceptors (Lipinski definition) is 1. The van der Waals surface area contributed by atoms with Crippen molar-refractivity contribution in [1.29, 1.82) is 0 Å². The number of rotatable bonds is 2. The lowest BCUT2D eigenvalue weighted by atomic mass is 9.99. The number of benzene rings is 1. The van der Waals surface area contributed by atoms with Crippen molar-refractivity contribution in [3.05, 3.63) is 28.2 Å². The van der Waals surface area contributed by atoms with Gasteiger partial charge in [0.05, 0.1) is 5.69 Å². The van der Waals surface area contributed by atoms with E-state index in [9.17, 15) is 4.79 Å². The van der Waals surface area contributed by atoms with Crippen molar-refractivity contribution in [1.82, 2.24) is 0 Å². The molecule has 3 heteroatoms. The number of hydrogen-bond donors (Lipinski definition) is 1. The van der Waals surface area contributed by atoms with Crippen LogP contribution in [0.4, 0.5) is 5.69 Å². The maximum absolute atomic E-state index is 12.3. The monoisotopic (exact) mass is 309 g/mol. The molecule has 18 heavy (non-hydrogen) atoms. The fraction of sp³-hybridized carbons (Fsp3) is 0.533. The van der Waals surface area contributed by atoms with E-state index in [4.69, 9.17) is 0 Å². The summed E-state index contributed by atoms with van der Waals surface area (Å²) in [4.78, 5) is 12.3. The maximum atomic E-state index is 12.3. The molecule has 1 amide bonds. The Kier molecular flexibility index (Phi) is 4.81. The van der Waals surface area contributed by atoms with Gasteiger partial charge in [0.25, 0.3) is 0 Å². The van der Waals surface area contributed by atoms with E-state index in [2.05, 4.69) is 21.2 Å². The van der Waals surface area contributed by atoms with E-state index in [1.54, 1.807) is 0 Å². The second kappa shape index (κ2) is 6.37. The Balaban J connectivity index is 2.03. The molecule has 0 aliphatic heterocycles. The van der Waals surface area contributed by atoms with Gasteiger partial charge in [0.1, 0.15) is 0 Å². The highest BCUT2D eigenvalue weighted by Gasteiger charge is 2.20. The van der Waals surface area contributed by atoms with Gasteiger partial charge >= 0.3 is 0 Å². The van der Waals surface area contributed by atoms with Crippen LogP contribution in [0.5, 0.6) is 0 Å². The van der Waals surface area contributed by atoms with Crippen LogP contribution in [-0.4, -0.2) is 5.91 Å². The van der Waals surface area contributed by atoms with Crippen molar-refractivity contribution >= 4 is 27.5 Å². The lowest BCUT2D eigenvalue weighted by molar-refractivity contribution is -0.120. The highest BCUT2D eigenvalue weighted by Crippen LogP contribution is 2.28. The van der Waals surface area contributed by atoms with Gasteiger partial charge in [-0.1, -0.05) is 37.8 Å². The van der Waals surface area contributed by atoms with Crippen molar-refractivity contribution in [2.45, 2.75) is 45.4 Å². The van der Waals surface area contributed by atoms with E-state index in [1.165, 1.54) is 25.7 Å². The molecular weight excluding hydrogens is 290 g/mol. The van der Waals surface area contributed by atoms with Gasteiger partial charge in [0.15, 0.2) is 0 Å². The van der Waals surface area contributed by atoms with Gasteiger partial charge < -0.3 is 5.32 Å². The minimum absolute atomic E-state index is 0.184. The fourth-order valence-corrected chi connectivity index (χ4v) is 2.88. The third-order valence-corrected chi connectivity index (χ3v) is 4.73. The zero-order chi connectivity index (χ0) is 13.0. The molecule has 1 N–H and O–H groups in total. The summed E-state index contributed by atoms with van der Waals surface area (Å²) in [5.74, 6) is 0.378. The number of carbonyl (C=O) groups is 1. The van der Waals surface area contributed by atoms with Gasteiger partial charge in [-0.3, -0.25) is 4.79 Å². The van der Waals surface area contributed by atoms with E-state index in [0.29, 0.717) is 0 Å². The second-order valence-electron chi connectivity index (χ2n) is 5.11. The highest BCUT2D eigenvalue weighted by molar-refractivity contribution is 9.10. The van der Waals surface area contributed by atoms with Crippen LogP contribution in [-0.2, 0) is 4.79 Å². The lowest BCUT2D eigenvalue weighted by Gasteiger charge is -2.15. The molecule has 98 valence electrons. The average Bonchev–Trinajstić information content (AvgIpc) is 2.63. The van der Waals surface area contributed by atoms with Crippen molar-refractivity contribution in [3.63, 3.8) is 0 Å². The van der Waals surface area contributed by atoms with Gasteiger partial charge in [-0.05, 0) is 47.3 Å². The molecule has 0 bridgehead atoms. The summed E-state index contributed by atoms with van der Waals surface area (Å²) in [7, 11) is 0. The Morgan fingerprint density at radius 3 is 2.56 bits per heavy atom. The first kappa shape index (κ1) is 13.6. The van der Waals surface area contributed by atoms with Crippen LogP contribution in [0.25, 0.3) is 0 Å². The van der Waals surface area contributed by atoms with Crippen LogP contribution in [0.1, 0.15) is 44.1 Å². The molecular formula is C15H20BrNO. The normalized spacial score (nSPS) is 17.2. The van der Waals surface area contributed by atoms with E-state index < -0.39 is 0 Å². The molecule has 1 saturated carbocycles. The number of nitrogens with one attached hydrogen (secondary N) is 1. The Bertz CT molecular complexity index is 423. The number of amides is 1. The third-order valence-electron chi connectivity index (χ3n) is 3.68. The van der Waals surface area contributed by atoms with E-state index in [0.717, 1.165) is 28.6 Å². The summed E-state index contributed by atoms with van der Waals surface area (Å²) in [6.45, 7) is 2.03. The zero-order valence-corrected chi connectivity index (χ0v) is 12.4. The minimum atomic E-state index is 0.184. The summed E-state index contributed by atoms with van der Waals surface area (Å²) in [6, 6.07) is 5.96. The van der Waals surface area contributed by atoms with Crippen LogP contribution in [0.3, 0.4) is 0 Å². The third kappa shape index (κ3) is 3.35. The molecule has 0 saturated heterocycles. The topological polar surface area (TPSA) is 29.1 Å². The number of carbonyl (C=O) groups excluding carboxylic acids is 1. The smallest absolute Gasteiger partial charge is 0.227 e. The van der Waals surface area contributed by atoms with Crippen molar-refractivity contribution < 1.29 is 4.79 Å². The van der Waals surface area contributed by atoms with Crippen LogP contribution < -0.4 is 5.32 Å². The first-order valence-corrected chi connectivity index (χ1v) is 7.54. The SMILES string of the molecule is Cc1cccc(NC(=O)C2CCCCCC2)c1Br. The fourth-order valence-electron chi connectivity index (χ4n) is 2.52. The van der Waals surface area contributed by atoms with Crippen molar-refractivity contribution in [3.8, 4) is 0 Å². The molecule has 1 fully saturated rings. The summed E-state index contributed by atoms with van der Waals surface area (Å²) < 4.78 is 0.993. The summed E-state index contributed by atoms with van der Waals surface area (Å²) in [5.41, 5.74) is 2.04. The summed E-state index contributed by atoms with van der Waals surface area (Å²) in [6.07, 6.45) is 7.00. The summed E-state index contributed by atoms with van der Waals surface area (Å²) in [5, 5.41) is 3.06. The predicted molar refractivity (Wildman–Crippen MR) is 78.7 cm³/mol. The number of halogens is 1. The predicted octanol–water partition coefficient (Wildman–Crippen LogP) is 4.67. The van der Waals surface area contributed by atoms with Crippen LogP contribution in [0.15, 0.2) is 22.7 Å². The standard InChI is InChI=1S/C15H20BrNO/c1-11-7-6-10-13(14(11)16)17-15(18)12-8-4-2-3-5-9-12/h6-7,10,12H,2-5,8-9H2,1H3,(H,17,18). The molecule has 0 aromatic heterocycles. The molecule has 0 unspecified atom stereocenters. The van der Waals surface area contributed by atoms with Crippen LogP contribution in [0, 0.1) is 12.8 Å². The van der Waals surface area contributed by atoms with Gasteiger partial charge in [0, 0.05) is 10.4 Å². The molecule has 2 rings (SSSR count). The quantitative estimate of drug-likeness (QED) is 0.790. The van der Waals surface area contributed by atoms with Crippen LogP contribution in [0.2, 0.25) is 0 Å². The Morgan fingerprint density at radius 1 is 1.22 bits per heavy atom. The molecule has 0 spiro atoms. The van der Waals surface area contributed by atoms with E-state index in [-0.39, 0.29) is 11.8 Å². The minimum Gasteiger partial charge on any atom is -0.325 e. The number of anilines is 1. The molecule has 0 heterocycles. The van der Waals surface area contributed by atoms with Gasteiger partial charge in [-0.15, -0.1) is 0 Å². The van der Waals surface area contributed by atoms with Gasteiger partial charge in [0.2, 0.25) is 5.91 Å². The Labute approximate surface area is 117 Å². The lowest BCUT2D eigenvalue weighted by Crippen LogP contribution is -2.22. The first-order valence-electron chi connectivity index (χ1n) is 6.74. The maximum Gasteiger partial charge on any atom is 0.227 e. The molecule has 2 nitrogen and oxygen atoms in total. The molecule has 1 aromatic rings. The van der Waals surface area contributed by atoms with E-state index >= 15 is 0 Å². The van der Waals surface area contributed by atoms with Crippen molar-refractivity contribution in [2.24, 2.45) is 5.92 Å². The highest BCUT2D eigenvalue weighted by atomic mass is 79.9. The summed E-state index contributed by atoms with van der Waals surface area (Å²) >= 11 is 3.53. The molecule has 1 aliphatic rings. The first-order chi connectivity index (χ1) is 8.68. The van der Waals surface area contributed by atoms with E-state index in [1.807, 2.05) is 25.1 Å².